The Morgan fingerprint density at radius 2 is 2.31 bits per heavy atom. The number of carboxylic acids is 1. The van der Waals surface area contributed by atoms with Gasteiger partial charge >= 0.3 is 5.97 Å². The molecule has 0 unspecified atom stereocenters. The van der Waals surface area contributed by atoms with Crippen molar-refractivity contribution in [1.29, 1.82) is 0 Å². The molecule has 0 atom stereocenters. The molecule has 0 aliphatic carbocycles. The molecule has 3 nitrogen and oxygen atoms in total. The Morgan fingerprint density at radius 3 is 3.00 bits per heavy atom. The molecule has 2 rings (SSSR count). The summed E-state index contributed by atoms with van der Waals surface area (Å²) in [5.41, 5.74) is 0. The van der Waals surface area contributed by atoms with E-state index in [0.717, 1.165) is 16.3 Å². The van der Waals surface area contributed by atoms with Gasteiger partial charge in [-0.2, -0.15) is 0 Å². The van der Waals surface area contributed by atoms with Crippen LogP contribution in [0, 0.1) is 0 Å². The summed E-state index contributed by atoms with van der Waals surface area (Å²) in [4.78, 5) is 17.1. The lowest BCUT2D eigenvalue weighted by Crippen LogP contribution is -1.95. The highest BCUT2D eigenvalue weighted by Crippen LogP contribution is 2.20. The number of aromatic nitrogens is 1. The number of hydrogen-bond acceptors (Lipinski definition) is 4. The van der Waals surface area contributed by atoms with Gasteiger partial charge in [0.25, 0.3) is 0 Å². The molecule has 0 aromatic carbocycles. The molecule has 0 amide bonds. The summed E-state index contributed by atoms with van der Waals surface area (Å²) in [7, 11) is 0. The molecule has 0 aliphatic heterocycles. The average molecular weight is 253 g/mol. The van der Waals surface area contributed by atoms with Crippen LogP contribution in [0.1, 0.15) is 21.2 Å². The van der Waals surface area contributed by atoms with Crippen molar-refractivity contribution in [3.05, 3.63) is 38.5 Å². The van der Waals surface area contributed by atoms with Crippen LogP contribution in [0.15, 0.2) is 23.7 Å². The van der Waals surface area contributed by atoms with E-state index in [1.165, 1.54) is 4.88 Å². The third-order valence-corrected chi connectivity index (χ3v) is 4.03. The topological polar surface area (TPSA) is 50.2 Å². The van der Waals surface area contributed by atoms with Crippen LogP contribution in [0.2, 0.25) is 0 Å². The van der Waals surface area contributed by atoms with Crippen molar-refractivity contribution in [3.63, 3.8) is 0 Å². The second kappa shape index (κ2) is 5.23. The number of aliphatic carboxylic acids is 1. The number of carboxylic acid groups (broad SMARTS) is 1. The minimum absolute atomic E-state index is 0.181. The number of rotatable bonds is 5. The second-order valence-corrected chi connectivity index (χ2v) is 5.60. The first-order valence-electron chi connectivity index (χ1n) is 4.92. The van der Waals surface area contributed by atoms with Crippen LogP contribution in [0.3, 0.4) is 0 Å². The van der Waals surface area contributed by atoms with E-state index < -0.39 is 5.97 Å². The third-order valence-electron chi connectivity index (χ3n) is 2.09. The Morgan fingerprint density at radius 1 is 1.44 bits per heavy atom. The normalized spacial score (nSPS) is 10.5. The van der Waals surface area contributed by atoms with Crippen LogP contribution in [0.5, 0.6) is 0 Å². The fraction of sp³-hybridized carbons (Fsp3) is 0.273. The van der Waals surface area contributed by atoms with Gasteiger partial charge in [0, 0.05) is 22.4 Å². The molecule has 0 spiro atoms. The maximum Gasteiger partial charge on any atom is 0.303 e. The highest BCUT2D eigenvalue weighted by Gasteiger charge is 2.05. The quantitative estimate of drug-likeness (QED) is 0.891. The van der Waals surface area contributed by atoms with E-state index in [-0.39, 0.29) is 6.42 Å². The molecule has 0 saturated carbocycles. The molecule has 5 heteroatoms. The molecule has 0 bridgehead atoms. The third kappa shape index (κ3) is 3.15. The molecular weight excluding hydrogens is 242 g/mol. The van der Waals surface area contributed by atoms with Crippen molar-refractivity contribution < 1.29 is 9.90 Å². The molecule has 16 heavy (non-hydrogen) atoms. The lowest BCUT2D eigenvalue weighted by atomic mass is 10.3. The van der Waals surface area contributed by atoms with Gasteiger partial charge in [-0.3, -0.25) is 4.79 Å². The van der Waals surface area contributed by atoms with Crippen molar-refractivity contribution >= 4 is 28.6 Å². The smallest absolute Gasteiger partial charge is 0.303 e. The molecule has 2 aromatic heterocycles. The summed E-state index contributed by atoms with van der Waals surface area (Å²) in [6.07, 6.45) is 3.41. The van der Waals surface area contributed by atoms with Crippen LogP contribution >= 0.6 is 22.7 Å². The predicted molar refractivity (Wildman–Crippen MR) is 65.2 cm³/mol. The summed E-state index contributed by atoms with van der Waals surface area (Å²) >= 11 is 3.32. The summed E-state index contributed by atoms with van der Waals surface area (Å²) in [6, 6.07) is 4.11. The van der Waals surface area contributed by atoms with E-state index >= 15 is 0 Å². The molecule has 2 heterocycles. The summed E-state index contributed by atoms with van der Waals surface area (Å²) in [5, 5.41) is 11.7. The van der Waals surface area contributed by atoms with Crippen molar-refractivity contribution in [1.82, 2.24) is 4.98 Å². The van der Waals surface area contributed by atoms with E-state index in [1.54, 1.807) is 28.9 Å². The van der Waals surface area contributed by atoms with E-state index in [2.05, 4.69) is 11.1 Å². The van der Waals surface area contributed by atoms with Crippen LogP contribution in [0.25, 0.3) is 0 Å². The maximum absolute atomic E-state index is 10.4. The monoisotopic (exact) mass is 253 g/mol. The van der Waals surface area contributed by atoms with Crippen LogP contribution in [0.4, 0.5) is 0 Å². The van der Waals surface area contributed by atoms with Crippen molar-refractivity contribution in [2.45, 2.75) is 19.3 Å². The number of hydrogen-bond donors (Lipinski definition) is 1. The zero-order valence-electron chi connectivity index (χ0n) is 8.55. The Kier molecular flexibility index (Phi) is 3.69. The molecule has 0 fully saturated rings. The van der Waals surface area contributed by atoms with Crippen LogP contribution in [-0.2, 0) is 17.6 Å². The lowest BCUT2D eigenvalue weighted by molar-refractivity contribution is -0.136. The molecule has 2 aromatic rings. The minimum atomic E-state index is -0.756. The minimum Gasteiger partial charge on any atom is -0.481 e. The van der Waals surface area contributed by atoms with Gasteiger partial charge in [0.05, 0.1) is 11.4 Å². The Bertz CT molecular complexity index is 462. The summed E-state index contributed by atoms with van der Waals surface area (Å²) in [5.74, 6) is -0.756. The standard InChI is InChI=1S/C11H11NO2S2/c13-11(14)4-3-9-7-12-10(16-9)6-8-2-1-5-15-8/h1-2,5,7H,3-4,6H2,(H,13,14). The van der Waals surface area contributed by atoms with Crippen LogP contribution < -0.4 is 0 Å². The first kappa shape index (κ1) is 11.3. The summed E-state index contributed by atoms with van der Waals surface area (Å²) in [6.45, 7) is 0. The van der Waals surface area contributed by atoms with Gasteiger partial charge in [0.2, 0.25) is 0 Å². The number of carbonyl (C=O) groups is 1. The Hall–Kier alpha value is -1.20. The molecular formula is C11H11NO2S2. The van der Waals surface area contributed by atoms with Gasteiger partial charge in [0.1, 0.15) is 0 Å². The van der Waals surface area contributed by atoms with Gasteiger partial charge in [-0.05, 0) is 17.9 Å². The summed E-state index contributed by atoms with van der Waals surface area (Å²) < 4.78 is 0. The first-order valence-corrected chi connectivity index (χ1v) is 6.61. The van der Waals surface area contributed by atoms with Crippen molar-refractivity contribution in [2.75, 3.05) is 0 Å². The molecule has 1 N–H and O–H groups in total. The van der Waals surface area contributed by atoms with E-state index in [9.17, 15) is 4.79 Å². The van der Waals surface area contributed by atoms with Gasteiger partial charge in [-0.25, -0.2) is 4.98 Å². The Labute approximate surface area is 101 Å². The van der Waals surface area contributed by atoms with Gasteiger partial charge in [-0.1, -0.05) is 6.07 Å². The van der Waals surface area contributed by atoms with E-state index in [0.29, 0.717) is 6.42 Å². The molecule has 0 radical (unpaired) electrons. The number of aryl methyl sites for hydroxylation is 1. The SMILES string of the molecule is O=C(O)CCc1cnc(Cc2cccs2)s1. The Balaban J connectivity index is 1.94. The van der Waals surface area contributed by atoms with Gasteiger partial charge < -0.3 is 5.11 Å². The maximum atomic E-state index is 10.4. The van der Waals surface area contributed by atoms with Gasteiger partial charge in [-0.15, -0.1) is 22.7 Å². The number of thiophene rings is 1. The average Bonchev–Trinajstić information content (AvgIpc) is 2.87. The van der Waals surface area contributed by atoms with Gasteiger partial charge in [0.15, 0.2) is 0 Å². The molecule has 0 aliphatic rings. The second-order valence-electron chi connectivity index (χ2n) is 3.37. The predicted octanol–water partition coefficient (Wildman–Crippen LogP) is 2.81. The zero-order chi connectivity index (χ0) is 11.4. The van der Waals surface area contributed by atoms with Crippen molar-refractivity contribution in [2.24, 2.45) is 0 Å². The molecule has 84 valence electrons. The van der Waals surface area contributed by atoms with Crippen LogP contribution in [-0.4, -0.2) is 16.1 Å². The fourth-order valence-corrected chi connectivity index (χ4v) is 3.08. The highest BCUT2D eigenvalue weighted by atomic mass is 32.1. The number of thiazole rings is 1. The molecule has 0 saturated heterocycles. The van der Waals surface area contributed by atoms with E-state index in [4.69, 9.17) is 5.11 Å². The lowest BCUT2D eigenvalue weighted by Gasteiger charge is -1.91. The first-order chi connectivity index (χ1) is 7.74. The fourth-order valence-electron chi connectivity index (χ4n) is 1.34. The van der Waals surface area contributed by atoms with E-state index in [1.807, 2.05) is 11.4 Å². The van der Waals surface area contributed by atoms with Crippen molar-refractivity contribution in [3.8, 4) is 0 Å². The number of nitrogens with zero attached hydrogens (tertiary/aromatic N) is 1. The largest absolute Gasteiger partial charge is 0.481 e. The highest BCUT2D eigenvalue weighted by molar-refractivity contribution is 7.12. The zero-order valence-corrected chi connectivity index (χ0v) is 10.2.